The topological polar surface area (TPSA) is 91.0 Å². The minimum Gasteiger partial charge on any atom is -0.446 e. The van der Waals surface area contributed by atoms with E-state index >= 15 is 0 Å². The highest BCUT2D eigenvalue weighted by molar-refractivity contribution is 5.93. The van der Waals surface area contributed by atoms with Crippen LogP contribution in [0.5, 0.6) is 0 Å². The number of halogens is 3. The lowest BCUT2D eigenvalue weighted by Crippen LogP contribution is -2.35. The maximum absolute atomic E-state index is 12.4. The Balaban J connectivity index is 1.87. The van der Waals surface area contributed by atoms with Gasteiger partial charge in [-0.25, -0.2) is 9.59 Å². The predicted octanol–water partition coefficient (Wildman–Crippen LogP) is 2.48. The molecule has 9 heteroatoms. The lowest BCUT2D eigenvalue weighted by atomic mass is 9.93. The van der Waals surface area contributed by atoms with E-state index in [0.717, 1.165) is 24.3 Å². The third kappa shape index (κ3) is 3.96. The Morgan fingerprint density at radius 3 is 2.27 bits per heavy atom. The molecule has 0 saturated heterocycles. The van der Waals surface area contributed by atoms with Crippen LogP contribution in [0.15, 0.2) is 29.4 Å². The van der Waals surface area contributed by atoms with E-state index in [4.69, 9.17) is 5.73 Å². The molecule has 1 saturated carbocycles. The second-order valence-electron chi connectivity index (χ2n) is 4.58. The lowest BCUT2D eigenvalue weighted by molar-refractivity contribution is -0.137. The molecule has 0 unspecified atom stereocenters. The summed E-state index contributed by atoms with van der Waals surface area (Å²) in [5.74, 6) is -0.875. The number of nitrogens with zero attached hydrogens (tertiary/aromatic N) is 1. The maximum atomic E-state index is 12.4. The van der Waals surface area contributed by atoms with Crippen LogP contribution in [0.3, 0.4) is 0 Å². The molecule has 2 N–H and O–H groups in total. The number of ether oxygens (including phenoxy) is 1. The number of benzene rings is 1. The van der Waals surface area contributed by atoms with Crippen LogP contribution in [-0.4, -0.2) is 23.9 Å². The number of primary amides is 1. The molecule has 0 atom stereocenters. The van der Waals surface area contributed by atoms with Crippen molar-refractivity contribution in [1.82, 2.24) is 0 Å². The molecule has 1 aromatic carbocycles. The van der Waals surface area contributed by atoms with Crippen LogP contribution < -0.4 is 5.73 Å². The van der Waals surface area contributed by atoms with Crippen molar-refractivity contribution in [3.05, 3.63) is 35.4 Å². The fraction of sp³-hybridized carbons (Fsp3) is 0.308. The molecular weight excluding hydrogens is 305 g/mol. The van der Waals surface area contributed by atoms with E-state index in [1.165, 1.54) is 0 Å². The van der Waals surface area contributed by atoms with Crippen molar-refractivity contribution < 1.29 is 32.3 Å². The number of amides is 1. The second kappa shape index (κ2) is 6.04. The number of hydrogen-bond acceptors (Lipinski definition) is 5. The van der Waals surface area contributed by atoms with Gasteiger partial charge in [0.2, 0.25) is 0 Å². The number of carbonyl (C=O) groups is 2. The van der Waals surface area contributed by atoms with Gasteiger partial charge in [0.05, 0.1) is 16.8 Å². The smallest absolute Gasteiger partial charge is 0.416 e. The van der Waals surface area contributed by atoms with Crippen molar-refractivity contribution >= 4 is 17.8 Å². The van der Waals surface area contributed by atoms with E-state index in [2.05, 4.69) is 14.7 Å². The molecule has 0 heterocycles. The van der Waals surface area contributed by atoms with Crippen LogP contribution in [0.1, 0.15) is 28.8 Å². The van der Waals surface area contributed by atoms with Crippen LogP contribution in [0.2, 0.25) is 0 Å². The molecular formula is C13H11F3N2O4. The summed E-state index contributed by atoms with van der Waals surface area (Å²) in [6, 6.07) is 3.57. The first kappa shape index (κ1) is 15.8. The summed E-state index contributed by atoms with van der Waals surface area (Å²) in [7, 11) is 0. The van der Waals surface area contributed by atoms with Crippen LogP contribution >= 0.6 is 0 Å². The van der Waals surface area contributed by atoms with Gasteiger partial charge in [0.1, 0.15) is 6.10 Å². The predicted molar refractivity (Wildman–Crippen MR) is 68.0 cm³/mol. The minimum absolute atomic E-state index is 0.0541. The van der Waals surface area contributed by atoms with Gasteiger partial charge < -0.3 is 15.3 Å². The SMILES string of the molecule is NC(=O)OC1CC(=NOC(=O)c2ccc(C(F)(F)F)cc2)C1. The largest absolute Gasteiger partial charge is 0.446 e. The van der Waals surface area contributed by atoms with Crippen LogP contribution in [-0.2, 0) is 15.8 Å². The summed E-state index contributed by atoms with van der Waals surface area (Å²) in [5.41, 5.74) is 4.40. The molecule has 1 aliphatic carbocycles. The fourth-order valence-electron chi connectivity index (χ4n) is 1.74. The van der Waals surface area contributed by atoms with E-state index in [-0.39, 0.29) is 11.7 Å². The summed E-state index contributed by atoms with van der Waals surface area (Å²) in [5, 5.41) is 3.55. The van der Waals surface area contributed by atoms with Gasteiger partial charge in [-0.15, -0.1) is 0 Å². The first-order valence-corrected chi connectivity index (χ1v) is 6.16. The summed E-state index contributed by atoms with van der Waals surface area (Å²) < 4.78 is 41.8. The highest BCUT2D eigenvalue weighted by Gasteiger charge is 2.31. The Kier molecular flexibility index (Phi) is 4.34. The molecule has 0 spiro atoms. The van der Waals surface area contributed by atoms with Crippen LogP contribution in [0.25, 0.3) is 0 Å². The lowest BCUT2D eigenvalue weighted by Gasteiger charge is -2.25. The molecule has 0 bridgehead atoms. The van der Waals surface area contributed by atoms with Crippen molar-refractivity contribution in [3.63, 3.8) is 0 Å². The number of carbonyl (C=O) groups excluding carboxylic acids is 2. The summed E-state index contributed by atoms with van der Waals surface area (Å²) in [6.07, 6.45) is -5.16. The molecule has 0 radical (unpaired) electrons. The highest BCUT2D eigenvalue weighted by atomic mass is 19.4. The van der Waals surface area contributed by atoms with Gasteiger partial charge in [0, 0.05) is 12.8 Å². The standard InChI is InChI=1S/C13H11F3N2O4/c14-13(15,16)8-3-1-7(2-4-8)11(19)22-18-9-5-10(6-9)21-12(17)20/h1-4,10H,5-6H2,(H2,17,20). The van der Waals surface area contributed by atoms with E-state index in [1.54, 1.807) is 0 Å². The second-order valence-corrected chi connectivity index (χ2v) is 4.58. The number of oxime groups is 1. The first-order valence-electron chi connectivity index (χ1n) is 6.16. The zero-order valence-electron chi connectivity index (χ0n) is 11.1. The van der Waals surface area contributed by atoms with Gasteiger partial charge in [0.15, 0.2) is 0 Å². The molecule has 1 aliphatic rings. The van der Waals surface area contributed by atoms with Gasteiger partial charge >= 0.3 is 18.2 Å². The Hall–Kier alpha value is -2.58. The van der Waals surface area contributed by atoms with Crippen molar-refractivity contribution in [2.45, 2.75) is 25.1 Å². The monoisotopic (exact) mass is 316 g/mol. The molecule has 1 fully saturated rings. The summed E-state index contributed by atoms with van der Waals surface area (Å²) in [6.45, 7) is 0. The van der Waals surface area contributed by atoms with Crippen LogP contribution in [0, 0.1) is 0 Å². The van der Waals surface area contributed by atoms with Crippen molar-refractivity contribution in [2.24, 2.45) is 10.9 Å². The maximum Gasteiger partial charge on any atom is 0.416 e. The van der Waals surface area contributed by atoms with Crippen molar-refractivity contribution in [3.8, 4) is 0 Å². The van der Waals surface area contributed by atoms with Crippen LogP contribution in [0.4, 0.5) is 18.0 Å². The highest BCUT2D eigenvalue weighted by Crippen LogP contribution is 2.29. The third-order valence-electron chi connectivity index (χ3n) is 2.91. The van der Waals surface area contributed by atoms with E-state index in [1.807, 2.05) is 0 Å². The van der Waals surface area contributed by atoms with Crippen molar-refractivity contribution in [2.75, 3.05) is 0 Å². The fourth-order valence-corrected chi connectivity index (χ4v) is 1.74. The third-order valence-corrected chi connectivity index (χ3v) is 2.91. The Morgan fingerprint density at radius 1 is 1.18 bits per heavy atom. The minimum atomic E-state index is -4.47. The molecule has 1 amide bonds. The zero-order valence-corrected chi connectivity index (χ0v) is 11.1. The van der Waals surface area contributed by atoms with Crippen molar-refractivity contribution in [1.29, 1.82) is 0 Å². The molecule has 22 heavy (non-hydrogen) atoms. The zero-order chi connectivity index (χ0) is 16.3. The van der Waals surface area contributed by atoms with E-state index < -0.39 is 23.8 Å². The number of alkyl halides is 3. The van der Waals surface area contributed by atoms with E-state index in [9.17, 15) is 22.8 Å². The normalized spacial score (nSPS) is 17.4. The van der Waals surface area contributed by atoms with Gasteiger partial charge in [-0.2, -0.15) is 13.2 Å². The van der Waals surface area contributed by atoms with Gasteiger partial charge in [-0.1, -0.05) is 5.16 Å². The Labute approximate surface area is 122 Å². The average molecular weight is 316 g/mol. The molecule has 1 aromatic rings. The van der Waals surface area contributed by atoms with Gasteiger partial charge in [0.25, 0.3) is 0 Å². The molecule has 6 nitrogen and oxygen atoms in total. The molecule has 0 aromatic heterocycles. The Bertz CT molecular complexity index is 603. The molecule has 118 valence electrons. The average Bonchev–Trinajstić information content (AvgIpc) is 2.39. The number of hydrogen-bond donors (Lipinski definition) is 1. The summed E-state index contributed by atoms with van der Waals surface area (Å²) in [4.78, 5) is 26.7. The quantitative estimate of drug-likeness (QED) is 0.685. The molecule has 2 rings (SSSR count). The Morgan fingerprint density at radius 2 is 1.77 bits per heavy atom. The summed E-state index contributed by atoms with van der Waals surface area (Å²) >= 11 is 0. The van der Waals surface area contributed by atoms with Gasteiger partial charge in [-0.3, -0.25) is 0 Å². The number of rotatable bonds is 3. The first-order chi connectivity index (χ1) is 10.3. The van der Waals surface area contributed by atoms with Gasteiger partial charge in [-0.05, 0) is 24.3 Å². The number of nitrogens with two attached hydrogens (primary N) is 1. The molecule has 0 aliphatic heterocycles. The van der Waals surface area contributed by atoms with E-state index in [0.29, 0.717) is 18.6 Å².